The first-order valence-corrected chi connectivity index (χ1v) is 6.97. The molecule has 3 nitrogen and oxygen atoms in total. The number of nitrogens with one attached hydrogen (secondary N) is 1. The largest absolute Gasteiger partial charge is 0.306 e. The Morgan fingerprint density at radius 3 is 3.00 bits per heavy atom. The first-order chi connectivity index (χ1) is 8.31. The smallest absolute Gasteiger partial charge is 0.0651 e. The summed E-state index contributed by atoms with van der Waals surface area (Å²) in [5.41, 5.74) is 1.12. The summed E-state index contributed by atoms with van der Waals surface area (Å²) in [7, 11) is 2.21. The Hall–Kier alpha value is -1.00. The molecule has 1 fully saturated rings. The molecule has 0 radical (unpaired) electrons. The Balaban J connectivity index is 1.71. The van der Waals surface area contributed by atoms with E-state index in [9.17, 15) is 0 Å². The third-order valence-electron chi connectivity index (χ3n) is 3.38. The van der Waals surface area contributed by atoms with Crippen LogP contribution in [0.15, 0.2) is 29.3 Å². The quantitative estimate of drug-likeness (QED) is 0.885. The number of hydrogen-bond donors (Lipinski definition) is 1. The highest BCUT2D eigenvalue weighted by atomic mass is 32.2. The van der Waals surface area contributed by atoms with Gasteiger partial charge in [0.25, 0.3) is 0 Å². The van der Waals surface area contributed by atoms with Crippen molar-refractivity contribution in [3.05, 3.63) is 24.4 Å². The van der Waals surface area contributed by atoms with Crippen LogP contribution in [0.2, 0.25) is 0 Å². The number of benzene rings is 1. The Morgan fingerprint density at radius 1 is 1.35 bits per heavy atom. The van der Waals surface area contributed by atoms with Crippen LogP contribution in [-0.4, -0.2) is 40.5 Å². The van der Waals surface area contributed by atoms with Gasteiger partial charge >= 0.3 is 0 Å². The van der Waals surface area contributed by atoms with Crippen LogP contribution < -0.4 is 0 Å². The molecule has 1 N–H and O–H groups in total. The van der Waals surface area contributed by atoms with E-state index in [0.29, 0.717) is 0 Å². The fourth-order valence-corrected chi connectivity index (χ4v) is 3.46. The number of fused-ring (bicyclic) bond motifs is 1. The summed E-state index contributed by atoms with van der Waals surface area (Å²) in [5, 5.41) is 9.03. The van der Waals surface area contributed by atoms with Gasteiger partial charge in [0.15, 0.2) is 0 Å². The number of aromatic amines is 1. The van der Waals surface area contributed by atoms with Crippen molar-refractivity contribution in [3.8, 4) is 0 Å². The van der Waals surface area contributed by atoms with E-state index in [4.69, 9.17) is 0 Å². The molecule has 1 saturated heterocycles. The summed E-state index contributed by atoms with van der Waals surface area (Å²) in [5.74, 6) is 0. The van der Waals surface area contributed by atoms with Crippen LogP contribution in [0.1, 0.15) is 12.8 Å². The lowest BCUT2D eigenvalue weighted by Crippen LogP contribution is -2.31. The summed E-state index contributed by atoms with van der Waals surface area (Å²) >= 11 is 2.02. The highest BCUT2D eigenvalue weighted by Gasteiger charge is 2.17. The fraction of sp³-hybridized carbons (Fsp3) is 0.462. The lowest BCUT2D eigenvalue weighted by Gasteiger charge is -2.28. The Kier molecular flexibility index (Phi) is 3.07. The molecule has 90 valence electrons. The van der Waals surface area contributed by atoms with Gasteiger partial charge in [0, 0.05) is 15.5 Å². The van der Waals surface area contributed by atoms with Crippen LogP contribution in [-0.2, 0) is 0 Å². The Morgan fingerprint density at radius 2 is 2.18 bits per heavy atom. The SMILES string of the molecule is CN1CCC(Sc2ccc3[nH]ncc3c2)CC1. The van der Waals surface area contributed by atoms with E-state index in [2.05, 4.69) is 40.3 Å². The third kappa shape index (κ3) is 2.48. The molecule has 1 aliphatic rings. The van der Waals surface area contributed by atoms with Gasteiger partial charge in [-0.3, -0.25) is 5.10 Å². The molecular formula is C13H17N3S. The Bertz CT molecular complexity index is 500. The molecule has 3 rings (SSSR count). The lowest BCUT2D eigenvalue weighted by molar-refractivity contribution is 0.282. The van der Waals surface area contributed by atoms with E-state index in [0.717, 1.165) is 10.8 Å². The predicted octanol–water partition coefficient (Wildman–Crippen LogP) is 2.75. The second-order valence-corrected chi connectivity index (χ2v) is 6.11. The summed E-state index contributed by atoms with van der Waals surface area (Å²) in [6.45, 7) is 2.46. The van der Waals surface area contributed by atoms with Crippen molar-refractivity contribution in [2.45, 2.75) is 23.0 Å². The second-order valence-electron chi connectivity index (χ2n) is 4.74. The lowest BCUT2D eigenvalue weighted by atomic mass is 10.1. The normalized spacial score (nSPS) is 18.9. The van der Waals surface area contributed by atoms with Crippen LogP contribution in [0.3, 0.4) is 0 Å². The van der Waals surface area contributed by atoms with Gasteiger partial charge in [-0.2, -0.15) is 5.10 Å². The molecule has 0 spiro atoms. The number of aromatic nitrogens is 2. The topological polar surface area (TPSA) is 31.9 Å². The van der Waals surface area contributed by atoms with Gasteiger partial charge < -0.3 is 4.90 Å². The summed E-state index contributed by atoms with van der Waals surface area (Å²) in [6.07, 6.45) is 4.49. The number of hydrogen-bond acceptors (Lipinski definition) is 3. The third-order valence-corrected chi connectivity index (χ3v) is 4.71. The average Bonchev–Trinajstić information content (AvgIpc) is 2.79. The highest BCUT2D eigenvalue weighted by Crippen LogP contribution is 2.31. The predicted molar refractivity (Wildman–Crippen MR) is 72.5 cm³/mol. The number of H-pyrrole nitrogens is 1. The number of rotatable bonds is 2. The van der Waals surface area contributed by atoms with Gasteiger partial charge in [-0.1, -0.05) is 0 Å². The van der Waals surface area contributed by atoms with Crippen LogP contribution >= 0.6 is 11.8 Å². The highest BCUT2D eigenvalue weighted by molar-refractivity contribution is 8.00. The molecule has 0 atom stereocenters. The van der Waals surface area contributed by atoms with Crippen LogP contribution in [0.4, 0.5) is 0 Å². The van der Waals surface area contributed by atoms with Gasteiger partial charge in [-0.25, -0.2) is 0 Å². The second kappa shape index (κ2) is 4.70. The molecule has 0 aliphatic carbocycles. The summed E-state index contributed by atoms with van der Waals surface area (Å²) < 4.78 is 0. The minimum atomic E-state index is 0.774. The molecule has 0 saturated carbocycles. The minimum Gasteiger partial charge on any atom is -0.306 e. The fourth-order valence-electron chi connectivity index (χ4n) is 2.29. The number of piperidine rings is 1. The van der Waals surface area contributed by atoms with E-state index >= 15 is 0 Å². The van der Waals surface area contributed by atoms with Crippen LogP contribution in [0.5, 0.6) is 0 Å². The van der Waals surface area contributed by atoms with Gasteiger partial charge in [-0.05, 0) is 51.2 Å². The number of nitrogens with zero attached hydrogens (tertiary/aromatic N) is 2. The summed E-state index contributed by atoms with van der Waals surface area (Å²) in [4.78, 5) is 3.78. The molecule has 2 aromatic rings. The number of likely N-dealkylation sites (tertiary alicyclic amines) is 1. The van der Waals surface area contributed by atoms with Crippen LogP contribution in [0.25, 0.3) is 10.9 Å². The molecule has 2 heterocycles. The molecule has 1 aliphatic heterocycles. The van der Waals surface area contributed by atoms with Gasteiger partial charge in [0.05, 0.1) is 11.7 Å². The number of thioether (sulfide) groups is 1. The Labute approximate surface area is 106 Å². The molecular weight excluding hydrogens is 230 g/mol. The van der Waals surface area contributed by atoms with Crippen molar-refractivity contribution in [2.24, 2.45) is 0 Å². The summed E-state index contributed by atoms with van der Waals surface area (Å²) in [6, 6.07) is 6.56. The average molecular weight is 247 g/mol. The van der Waals surface area contributed by atoms with Gasteiger partial charge in [-0.15, -0.1) is 11.8 Å². The molecule has 0 unspecified atom stereocenters. The van der Waals surface area contributed by atoms with Crippen molar-refractivity contribution in [1.29, 1.82) is 0 Å². The standard InChI is InChI=1S/C13H17N3S/c1-16-6-4-11(5-7-16)17-12-2-3-13-10(8-12)9-14-15-13/h2-3,8-9,11H,4-7H2,1H3,(H,14,15). The molecule has 1 aromatic carbocycles. The van der Waals surface area contributed by atoms with Crippen molar-refractivity contribution < 1.29 is 0 Å². The van der Waals surface area contributed by atoms with Crippen molar-refractivity contribution in [1.82, 2.24) is 15.1 Å². The van der Waals surface area contributed by atoms with E-state index < -0.39 is 0 Å². The molecule has 0 amide bonds. The van der Waals surface area contributed by atoms with Crippen molar-refractivity contribution in [3.63, 3.8) is 0 Å². The minimum absolute atomic E-state index is 0.774. The van der Waals surface area contributed by atoms with E-state index in [-0.39, 0.29) is 0 Å². The maximum absolute atomic E-state index is 4.06. The molecule has 0 bridgehead atoms. The van der Waals surface area contributed by atoms with Crippen molar-refractivity contribution >= 4 is 22.7 Å². The zero-order chi connectivity index (χ0) is 11.7. The van der Waals surface area contributed by atoms with E-state index in [1.54, 1.807) is 0 Å². The molecule has 17 heavy (non-hydrogen) atoms. The maximum Gasteiger partial charge on any atom is 0.0651 e. The van der Waals surface area contributed by atoms with Gasteiger partial charge in [0.1, 0.15) is 0 Å². The van der Waals surface area contributed by atoms with E-state index in [1.165, 1.54) is 36.2 Å². The van der Waals surface area contributed by atoms with E-state index in [1.807, 2.05) is 18.0 Å². The van der Waals surface area contributed by atoms with Gasteiger partial charge in [0.2, 0.25) is 0 Å². The monoisotopic (exact) mass is 247 g/mol. The first-order valence-electron chi connectivity index (χ1n) is 6.09. The first kappa shape index (κ1) is 11.1. The molecule has 1 aromatic heterocycles. The molecule has 4 heteroatoms. The van der Waals surface area contributed by atoms with Crippen molar-refractivity contribution in [2.75, 3.05) is 20.1 Å². The zero-order valence-corrected chi connectivity index (χ0v) is 10.8. The maximum atomic E-state index is 4.06. The zero-order valence-electron chi connectivity index (χ0n) is 10.0. The van der Waals surface area contributed by atoms with Crippen LogP contribution in [0, 0.1) is 0 Å².